The summed E-state index contributed by atoms with van der Waals surface area (Å²) < 4.78 is 4.99. The highest BCUT2D eigenvalue weighted by molar-refractivity contribution is 5.95. The molecule has 0 fully saturated rings. The van der Waals surface area contributed by atoms with E-state index in [0.717, 1.165) is 16.7 Å². The minimum atomic E-state index is 0.256. The van der Waals surface area contributed by atoms with Crippen LogP contribution in [0.5, 0.6) is 0 Å². The Labute approximate surface area is 85.4 Å². The summed E-state index contributed by atoms with van der Waals surface area (Å²) in [4.78, 5) is 0. The number of benzene rings is 1. The van der Waals surface area contributed by atoms with Crippen molar-refractivity contribution < 1.29 is 4.74 Å². The molecule has 0 radical (unpaired) electrons. The molecule has 14 heavy (non-hydrogen) atoms. The zero-order valence-corrected chi connectivity index (χ0v) is 9.49. The summed E-state index contributed by atoms with van der Waals surface area (Å²) in [5, 5.41) is 7.73. The molecule has 0 heterocycles. The molecule has 2 nitrogen and oxygen atoms in total. The van der Waals surface area contributed by atoms with E-state index in [-0.39, 0.29) is 5.90 Å². The molecule has 0 aliphatic carbocycles. The van der Waals surface area contributed by atoms with Gasteiger partial charge in [0.05, 0.1) is 7.11 Å². The summed E-state index contributed by atoms with van der Waals surface area (Å²) in [5.41, 5.74) is 5.64. The highest BCUT2D eigenvalue weighted by Gasteiger charge is 2.12. The minimum Gasteiger partial charge on any atom is -0.481 e. The number of hydrogen-bond donors (Lipinski definition) is 1. The predicted molar refractivity (Wildman–Crippen MR) is 59.2 cm³/mol. The lowest BCUT2D eigenvalue weighted by Crippen LogP contribution is -2.09. The summed E-state index contributed by atoms with van der Waals surface area (Å²) >= 11 is 0. The first-order chi connectivity index (χ1) is 6.49. The molecule has 1 aromatic rings. The Morgan fingerprint density at radius 2 is 1.50 bits per heavy atom. The maximum absolute atomic E-state index is 7.73. The molecule has 0 bridgehead atoms. The van der Waals surface area contributed by atoms with Gasteiger partial charge >= 0.3 is 0 Å². The van der Waals surface area contributed by atoms with E-state index in [4.69, 9.17) is 10.1 Å². The standard InChI is InChI=1S/C12H17NO/c1-7-6-8(2)10(4)11(9(7)3)12(13)14-5/h6,13H,1-5H3. The first kappa shape index (κ1) is 10.8. The van der Waals surface area contributed by atoms with Crippen LogP contribution in [0.2, 0.25) is 0 Å². The van der Waals surface area contributed by atoms with Crippen LogP contribution in [0.15, 0.2) is 6.07 Å². The topological polar surface area (TPSA) is 33.1 Å². The first-order valence-electron chi connectivity index (χ1n) is 4.69. The number of ether oxygens (including phenoxy) is 1. The molecule has 0 spiro atoms. The van der Waals surface area contributed by atoms with Crippen molar-refractivity contribution in [3.05, 3.63) is 33.9 Å². The smallest absolute Gasteiger partial charge is 0.213 e. The first-order valence-corrected chi connectivity index (χ1v) is 4.69. The van der Waals surface area contributed by atoms with Gasteiger partial charge in [-0.05, 0) is 49.9 Å². The third-order valence-corrected chi connectivity index (χ3v) is 2.80. The second-order valence-electron chi connectivity index (χ2n) is 3.67. The lowest BCUT2D eigenvalue weighted by Gasteiger charge is -2.14. The van der Waals surface area contributed by atoms with Gasteiger partial charge in [-0.15, -0.1) is 0 Å². The zero-order valence-electron chi connectivity index (χ0n) is 9.49. The normalized spacial score (nSPS) is 10.1. The third-order valence-electron chi connectivity index (χ3n) is 2.80. The Morgan fingerprint density at radius 1 is 1.07 bits per heavy atom. The van der Waals surface area contributed by atoms with Crippen LogP contribution in [-0.2, 0) is 4.74 Å². The van der Waals surface area contributed by atoms with Gasteiger partial charge < -0.3 is 4.74 Å². The van der Waals surface area contributed by atoms with Gasteiger partial charge in [-0.2, -0.15) is 0 Å². The highest BCUT2D eigenvalue weighted by Crippen LogP contribution is 2.21. The van der Waals surface area contributed by atoms with Gasteiger partial charge in [0.2, 0.25) is 5.90 Å². The van der Waals surface area contributed by atoms with Crippen LogP contribution in [0.25, 0.3) is 0 Å². The number of nitrogens with one attached hydrogen (secondary N) is 1. The van der Waals surface area contributed by atoms with E-state index in [2.05, 4.69) is 19.9 Å². The van der Waals surface area contributed by atoms with E-state index in [1.165, 1.54) is 11.1 Å². The number of rotatable bonds is 1. The van der Waals surface area contributed by atoms with Crippen LogP contribution in [-0.4, -0.2) is 13.0 Å². The van der Waals surface area contributed by atoms with Gasteiger partial charge in [-0.1, -0.05) is 6.07 Å². The summed E-state index contributed by atoms with van der Waals surface area (Å²) in [6.07, 6.45) is 0. The molecular weight excluding hydrogens is 174 g/mol. The largest absolute Gasteiger partial charge is 0.481 e. The molecule has 0 aromatic heterocycles. The number of hydrogen-bond acceptors (Lipinski definition) is 2. The molecule has 1 rings (SSSR count). The maximum Gasteiger partial charge on any atom is 0.213 e. The summed E-state index contributed by atoms with van der Waals surface area (Å²) in [5.74, 6) is 0.256. The van der Waals surface area contributed by atoms with Crippen molar-refractivity contribution in [2.24, 2.45) is 0 Å². The quantitative estimate of drug-likeness (QED) is 0.537. The summed E-state index contributed by atoms with van der Waals surface area (Å²) in [6.45, 7) is 8.19. The molecule has 1 N–H and O–H groups in total. The molecule has 0 atom stereocenters. The van der Waals surface area contributed by atoms with Crippen molar-refractivity contribution in [3.63, 3.8) is 0 Å². The van der Waals surface area contributed by atoms with Crippen molar-refractivity contribution in [3.8, 4) is 0 Å². The van der Waals surface area contributed by atoms with Crippen LogP contribution >= 0.6 is 0 Å². The Hall–Kier alpha value is -1.31. The van der Waals surface area contributed by atoms with E-state index >= 15 is 0 Å². The van der Waals surface area contributed by atoms with Crippen molar-refractivity contribution in [1.29, 1.82) is 5.41 Å². The van der Waals surface area contributed by atoms with Gasteiger partial charge in [-0.3, -0.25) is 5.41 Å². The van der Waals surface area contributed by atoms with Crippen LogP contribution in [0.4, 0.5) is 0 Å². The van der Waals surface area contributed by atoms with Crippen molar-refractivity contribution in [1.82, 2.24) is 0 Å². The average molecular weight is 191 g/mol. The lowest BCUT2D eigenvalue weighted by molar-refractivity contribution is 0.400. The number of aryl methyl sites for hydroxylation is 2. The van der Waals surface area contributed by atoms with Gasteiger partial charge in [0, 0.05) is 5.56 Å². The summed E-state index contributed by atoms with van der Waals surface area (Å²) in [7, 11) is 1.54. The van der Waals surface area contributed by atoms with Crippen molar-refractivity contribution in [2.45, 2.75) is 27.7 Å². The molecule has 0 unspecified atom stereocenters. The maximum atomic E-state index is 7.73. The Bertz CT molecular complexity index is 354. The van der Waals surface area contributed by atoms with E-state index in [1.807, 2.05) is 13.8 Å². The lowest BCUT2D eigenvalue weighted by atomic mass is 9.94. The molecule has 0 aliphatic rings. The Kier molecular flexibility index (Phi) is 2.94. The average Bonchev–Trinajstić information content (AvgIpc) is 2.15. The molecule has 0 saturated heterocycles. The fourth-order valence-electron chi connectivity index (χ4n) is 1.66. The third kappa shape index (κ3) is 1.65. The van der Waals surface area contributed by atoms with E-state index in [9.17, 15) is 0 Å². The number of methoxy groups -OCH3 is 1. The molecular formula is C12H17NO. The van der Waals surface area contributed by atoms with Gasteiger partial charge in [0.1, 0.15) is 0 Å². The Morgan fingerprint density at radius 3 is 1.86 bits per heavy atom. The van der Waals surface area contributed by atoms with Crippen molar-refractivity contribution in [2.75, 3.05) is 7.11 Å². The van der Waals surface area contributed by atoms with E-state index in [1.54, 1.807) is 7.11 Å². The minimum absolute atomic E-state index is 0.256. The van der Waals surface area contributed by atoms with Gasteiger partial charge in [0.15, 0.2) is 0 Å². The van der Waals surface area contributed by atoms with Crippen LogP contribution < -0.4 is 0 Å². The van der Waals surface area contributed by atoms with E-state index < -0.39 is 0 Å². The van der Waals surface area contributed by atoms with E-state index in [0.29, 0.717) is 0 Å². The second-order valence-corrected chi connectivity index (χ2v) is 3.67. The fraction of sp³-hybridized carbons (Fsp3) is 0.417. The second kappa shape index (κ2) is 3.82. The molecule has 76 valence electrons. The van der Waals surface area contributed by atoms with Crippen LogP contribution in [0.1, 0.15) is 27.8 Å². The summed E-state index contributed by atoms with van der Waals surface area (Å²) in [6, 6.07) is 2.15. The molecule has 2 heteroatoms. The monoisotopic (exact) mass is 191 g/mol. The molecule has 0 saturated carbocycles. The molecule has 0 amide bonds. The Balaban J connectivity index is 3.47. The molecule has 0 aliphatic heterocycles. The van der Waals surface area contributed by atoms with Gasteiger partial charge in [-0.25, -0.2) is 0 Å². The van der Waals surface area contributed by atoms with Gasteiger partial charge in [0.25, 0.3) is 0 Å². The zero-order chi connectivity index (χ0) is 10.9. The van der Waals surface area contributed by atoms with Crippen LogP contribution in [0, 0.1) is 33.1 Å². The van der Waals surface area contributed by atoms with Crippen LogP contribution in [0.3, 0.4) is 0 Å². The SMILES string of the molecule is COC(=N)c1c(C)c(C)cc(C)c1C. The predicted octanol–water partition coefficient (Wildman–Crippen LogP) is 2.89. The highest BCUT2D eigenvalue weighted by atomic mass is 16.5. The van der Waals surface area contributed by atoms with Crippen molar-refractivity contribution >= 4 is 5.90 Å². The molecule has 1 aromatic carbocycles. The fourth-order valence-corrected chi connectivity index (χ4v) is 1.66.